The first-order valence-corrected chi connectivity index (χ1v) is 14.9. The molecule has 204 valence electrons. The highest BCUT2D eigenvalue weighted by molar-refractivity contribution is 7.92. The van der Waals surface area contributed by atoms with Gasteiger partial charge in [0.15, 0.2) is 5.82 Å². The second kappa shape index (κ2) is 11.8. The molecule has 0 saturated heterocycles. The lowest BCUT2D eigenvalue weighted by molar-refractivity contribution is 0.168. The molecule has 3 N–H and O–H groups in total. The largest absolute Gasteiger partial charge is 0.453 e. The van der Waals surface area contributed by atoms with Crippen molar-refractivity contribution in [3.63, 3.8) is 0 Å². The first-order chi connectivity index (χ1) is 18.1. The van der Waals surface area contributed by atoms with Gasteiger partial charge in [-0.1, -0.05) is 18.5 Å². The Bertz CT molecular complexity index is 1430. The van der Waals surface area contributed by atoms with Crippen molar-refractivity contribution in [2.45, 2.75) is 45.1 Å². The summed E-state index contributed by atoms with van der Waals surface area (Å²) in [4.78, 5) is 25.6. The zero-order valence-corrected chi connectivity index (χ0v) is 23.4. The molecule has 2 heterocycles. The number of nitrogens with zero attached hydrogens (tertiary/aromatic N) is 3. The van der Waals surface area contributed by atoms with E-state index in [2.05, 4.69) is 30.1 Å². The Morgan fingerprint density at radius 1 is 1.32 bits per heavy atom. The summed E-state index contributed by atoms with van der Waals surface area (Å²) in [5.74, 6) is -0.306. The molecule has 1 atom stereocenters. The fourth-order valence-electron chi connectivity index (χ4n) is 3.65. The van der Waals surface area contributed by atoms with Gasteiger partial charge in [0.25, 0.3) is 0 Å². The number of thiazole rings is 1. The van der Waals surface area contributed by atoms with Crippen LogP contribution in [0.5, 0.6) is 0 Å². The maximum absolute atomic E-state index is 15.7. The highest BCUT2D eigenvalue weighted by Crippen LogP contribution is 2.47. The predicted molar refractivity (Wildman–Crippen MR) is 147 cm³/mol. The molecule has 1 unspecified atom stereocenters. The third kappa shape index (κ3) is 6.88. The van der Waals surface area contributed by atoms with E-state index in [-0.39, 0.29) is 28.1 Å². The van der Waals surface area contributed by atoms with Gasteiger partial charge in [-0.05, 0) is 44.4 Å². The molecule has 1 aromatic carbocycles. The topological polar surface area (TPSA) is 135 Å². The number of aromatic nitrogens is 3. The summed E-state index contributed by atoms with van der Waals surface area (Å²) < 4.78 is 47.3. The van der Waals surface area contributed by atoms with E-state index in [4.69, 9.17) is 16.6 Å². The van der Waals surface area contributed by atoms with Crippen molar-refractivity contribution >= 4 is 50.7 Å². The first kappa shape index (κ1) is 28.0. The van der Waals surface area contributed by atoms with Gasteiger partial charge in [-0.25, -0.2) is 32.6 Å². The Labute approximate surface area is 229 Å². The van der Waals surface area contributed by atoms with Crippen LogP contribution in [0, 0.1) is 5.82 Å². The Hall–Kier alpha value is -3.03. The number of rotatable bonds is 11. The number of amides is 1. The highest BCUT2D eigenvalue weighted by Gasteiger charge is 2.31. The summed E-state index contributed by atoms with van der Waals surface area (Å²) in [6.07, 6.45) is 3.40. The molecule has 0 bridgehead atoms. The number of anilines is 2. The average molecular weight is 583 g/mol. The molecule has 2 aromatic heterocycles. The summed E-state index contributed by atoms with van der Waals surface area (Å²) in [5, 5.41) is 6.74. The summed E-state index contributed by atoms with van der Waals surface area (Å²) in [7, 11) is -2.45. The van der Waals surface area contributed by atoms with E-state index in [1.165, 1.54) is 30.6 Å². The van der Waals surface area contributed by atoms with Gasteiger partial charge < -0.3 is 15.4 Å². The number of carbonyl (C=O) groups is 1. The number of methoxy groups -OCH3 is 1. The van der Waals surface area contributed by atoms with Crippen LogP contribution in [-0.2, 0) is 14.8 Å². The lowest BCUT2D eigenvalue weighted by Crippen LogP contribution is -2.37. The Balaban J connectivity index is 1.69. The van der Waals surface area contributed by atoms with Gasteiger partial charge >= 0.3 is 6.09 Å². The van der Waals surface area contributed by atoms with Crippen LogP contribution in [0.15, 0.2) is 24.4 Å². The number of carbonyl (C=O) groups excluding carboxylic acids is 1. The molecule has 0 spiro atoms. The van der Waals surface area contributed by atoms with Crippen molar-refractivity contribution in [2.75, 3.05) is 29.4 Å². The fraction of sp³-hybridized carbons (Fsp3) is 0.417. The molecule has 0 aliphatic heterocycles. The molecule has 1 aliphatic carbocycles. The summed E-state index contributed by atoms with van der Waals surface area (Å²) in [6.45, 7) is 3.86. The average Bonchev–Trinajstić information content (AvgIpc) is 3.63. The van der Waals surface area contributed by atoms with Crippen molar-refractivity contribution in [1.29, 1.82) is 0 Å². The van der Waals surface area contributed by atoms with Gasteiger partial charge in [-0.15, -0.1) is 11.3 Å². The van der Waals surface area contributed by atoms with E-state index < -0.39 is 21.9 Å². The van der Waals surface area contributed by atoms with Crippen LogP contribution >= 0.6 is 22.9 Å². The van der Waals surface area contributed by atoms with Gasteiger partial charge in [0, 0.05) is 35.3 Å². The second-order valence-corrected chi connectivity index (χ2v) is 12.2. The summed E-state index contributed by atoms with van der Waals surface area (Å²) >= 11 is 7.71. The molecule has 10 nitrogen and oxygen atoms in total. The molecule has 4 rings (SSSR count). The van der Waals surface area contributed by atoms with Crippen LogP contribution in [0.25, 0.3) is 21.8 Å². The molecule has 1 fully saturated rings. The lowest BCUT2D eigenvalue weighted by Gasteiger charge is -2.14. The maximum atomic E-state index is 15.7. The van der Waals surface area contributed by atoms with Crippen LogP contribution in [0.3, 0.4) is 0 Å². The van der Waals surface area contributed by atoms with E-state index in [9.17, 15) is 13.2 Å². The van der Waals surface area contributed by atoms with Crippen molar-refractivity contribution in [3.8, 4) is 21.8 Å². The van der Waals surface area contributed by atoms with E-state index in [0.29, 0.717) is 41.1 Å². The van der Waals surface area contributed by atoms with Crippen molar-refractivity contribution < 1.29 is 22.3 Å². The predicted octanol–water partition coefficient (Wildman–Crippen LogP) is 5.25. The van der Waals surface area contributed by atoms with Crippen LogP contribution < -0.4 is 15.4 Å². The molecule has 3 aromatic rings. The standard InChI is InChI=1S/C24H28ClFN6O4S2/c1-4-9-38(34,35)32-18-11-15(25)10-16(19(18)26)20-21(37-22(31-20)14-5-6-14)17-7-8-27-23(30-17)28-12-13(2)29-24(33)36-3/h7-8,10-11,13-14,32H,4-6,9,12H2,1-3H3,(H,29,33)(H,27,28,30). The number of hydrogen-bond donors (Lipinski definition) is 3. The van der Waals surface area contributed by atoms with Gasteiger partial charge in [0.05, 0.1) is 39.8 Å². The van der Waals surface area contributed by atoms with Gasteiger partial charge in [-0.3, -0.25) is 4.72 Å². The van der Waals surface area contributed by atoms with Crippen molar-refractivity contribution in [1.82, 2.24) is 20.3 Å². The normalized spacial score (nSPS) is 14.1. The molecule has 1 saturated carbocycles. The third-order valence-electron chi connectivity index (χ3n) is 5.61. The number of halogens is 2. The van der Waals surface area contributed by atoms with Crippen molar-refractivity contribution in [3.05, 3.63) is 40.2 Å². The fourth-order valence-corrected chi connectivity index (χ4v) is 6.21. The zero-order valence-electron chi connectivity index (χ0n) is 21.0. The molecule has 1 aliphatic rings. The lowest BCUT2D eigenvalue weighted by atomic mass is 10.1. The minimum absolute atomic E-state index is 0.0777. The number of sulfonamides is 1. The molecule has 1 amide bonds. The van der Waals surface area contributed by atoms with Crippen molar-refractivity contribution in [2.24, 2.45) is 0 Å². The Kier molecular flexibility index (Phi) is 8.68. The van der Waals surface area contributed by atoms with Crippen LogP contribution in [0.4, 0.5) is 20.8 Å². The molecular weight excluding hydrogens is 555 g/mol. The smallest absolute Gasteiger partial charge is 0.407 e. The SMILES string of the molecule is CCCS(=O)(=O)Nc1cc(Cl)cc(-c2nc(C3CC3)sc2-c2ccnc(NCC(C)NC(=O)OC)n2)c1F. The van der Waals surface area contributed by atoms with Crippen LogP contribution in [-0.4, -0.2) is 54.9 Å². The Morgan fingerprint density at radius 2 is 2.08 bits per heavy atom. The van der Waals surface area contributed by atoms with E-state index >= 15 is 4.39 Å². The van der Waals surface area contributed by atoms with E-state index in [0.717, 1.165) is 17.8 Å². The van der Waals surface area contributed by atoms with Gasteiger partial charge in [0.2, 0.25) is 16.0 Å². The van der Waals surface area contributed by atoms with Crippen LogP contribution in [0.1, 0.15) is 44.0 Å². The molecule has 14 heteroatoms. The quantitative estimate of drug-likeness (QED) is 0.279. The number of alkyl carbamates (subject to hydrolysis) is 1. The highest BCUT2D eigenvalue weighted by atomic mass is 35.5. The number of benzene rings is 1. The summed E-state index contributed by atoms with van der Waals surface area (Å²) in [5.41, 5.74) is 0.695. The second-order valence-electron chi connectivity index (χ2n) is 8.92. The van der Waals surface area contributed by atoms with E-state index in [1.807, 2.05) is 0 Å². The molecular formula is C24H28ClFN6O4S2. The Morgan fingerprint density at radius 3 is 2.76 bits per heavy atom. The molecule has 0 radical (unpaired) electrons. The van der Waals surface area contributed by atoms with Crippen LogP contribution in [0.2, 0.25) is 5.02 Å². The first-order valence-electron chi connectivity index (χ1n) is 12.0. The number of ether oxygens (including phenoxy) is 1. The summed E-state index contributed by atoms with van der Waals surface area (Å²) in [6, 6.07) is 4.12. The minimum Gasteiger partial charge on any atom is -0.453 e. The number of nitrogens with one attached hydrogen (secondary N) is 3. The van der Waals surface area contributed by atoms with Gasteiger partial charge in [-0.2, -0.15) is 0 Å². The monoisotopic (exact) mass is 582 g/mol. The third-order valence-corrected chi connectivity index (χ3v) is 8.54. The maximum Gasteiger partial charge on any atom is 0.407 e. The molecule has 38 heavy (non-hydrogen) atoms. The number of hydrogen-bond acceptors (Lipinski definition) is 9. The van der Waals surface area contributed by atoms with E-state index in [1.54, 1.807) is 26.1 Å². The zero-order chi connectivity index (χ0) is 27.4. The van der Waals surface area contributed by atoms with Gasteiger partial charge in [0.1, 0.15) is 0 Å². The minimum atomic E-state index is -3.74.